The molecule has 1 rings (SSSR count). The highest BCUT2D eigenvalue weighted by Crippen LogP contribution is 2.16. The molecular formula is C5H11N5O. The first-order valence-corrected chi connectivity index (χ1v) is 3.22. The van der Waals surface area contributed by atoms with Crippen molar-refractivity contribution in [2.75, 3.05) is 6.61 Å². The van der Waals surface area contributed by atoms with Crippen LogP contribution in [0.5, 0.6) is 0 Å². The van der Waals surface area contributed by atoms with Crippen molar-refractivity contribution in [2.45, 2.75) is 19.3 Å². The average Bonchev–Trinajstić information content (AvgIpc) is 2.37. The Hall–Kier alpha value is -1.01. The Morgan fingerprint density at radius 2 is 2.36 bits per heavy atom. The van der Waals surface area contributed by atoms with E-state index in [1.165, 1.54) is 0 Å². The minimum atomic E-state index is -0.290. The zero-order valence-electron chi connectivity index (χ0n) is 6.53. The summed E-state index contributed by atoms with van der Waals surface area (Å²) in [5.74, 6) is 5.53. The predicted octanol–water partition coefficient (Wildman–Crippen LogP) is -0.632. The molecule has 0 amide bonds. The topological polar surface area (TPSA) is 89.7 Å². The highest BCUT2D eigenvalue weighted by Gasteiger charge is 2.25. The fourth-order valence-corrected chi connectivity index (χ4v) is 0.721. The number of H-pyrrole nitrogens is 1. The van der Waals surface area contributed by atoms with Crippen LogP contribution in [0.3, 0.4) is 0 Å². The van der Waals surface area contributed by atoms with Gasteiger partial charge in [-0.25, -0.2) is 5.90 Å². The van der Waals surface area contributed by atoms with Gasteiger partial charge in [0, 0.05) is 0 Å². The van der Waals surface area contributed by atoms with Crippen molar-refractivity contribution in [1.29, 1.82) is 0 Å². The third-order valence-corrected chi connectivity index (χ3v) is 1.39. The number of nitrogens with one attached hydrogen (secondary N) is 1. The third kappa shape index (κ3) is 1.72. The molecule has 0 fully saturated rings. The van der Waals surface area contributed by atoms with Crippen LogP contribution >= 0.6 is 0 Å². The normalized spacial score (nSPS) is 11.9. The second-order valence-electron chi connectivity index (χ2n) is 2.93. The maximum atomic E-state index is 4.93. The Labute approximate surface area is 64.1 Å². The van der Waals surface area contributed by atoms with Gasteiger partial charge in [0.25, 0.3) is 0 Å². The first-order chi connectivity index (χ1) is 5.17. The van der Waals surface area contributed by atoms with Crippen molar-refractivity contribution in [3.63, 3.8) is 0 Å². The van der Waals surface area contributed by atoms with Gasteiger partial charge in [-0.2, -0.15) is 5.21 Å². The Morgan fingerprint density at radius 1 is 1.64 bits per heavy atom. The zero-order chi connectivity index (χ0) is 8.32. The lowest BCUT2D eigenvalue weighted by Gasteiger charge is -2.17. The second-order valence-corrected chi connectivity index (χ2v) is 2.93. The minimum absolute atomic E-state index is 0.290. The molecule has 0 aliphatic heterocycles. The molecular weight excluding hydrogens is 146 g/mol. The summed E-state index contributed by atoms with van der Waals surface area (Å²) in [5.41, 5.74) is -0.290. The number of tetrazole rings is 1. The molecule has 0 aliphatic rings. The number of nitrogens with zero attached hydrogens (tertiary/aromatic N) is 3. The number of nitrogens with two attached hydrogens (primary N) is 1. The van der Waals surface area contributed by atoms with E-state index >= 15 is 0 Å². The Balaban J connectivity index is 2.73. The summed E-state index contributed by atoms with van der Waals surface area (Å²) in [6.45, 7) is 4.21. The summed E-state index contributed by atoms with van der Waals surface area (Å²) in [4.78, 5) is 4.51. The van der Waals surface area contributed by atoms with Gasteiger partial charge in [-0.3, -0.25) is 0 Å². The van der Waals surface area contributed by atoms with Crippen molar-refractivity contribution in [3.8, 4) is 0 Å². The van der Waals surface area contributed by atoms with Gasteiger partial charge < -0.3 is 4.84 Å². The van der Waals surface area contributed by atoms with Crippen LogP contribution < -0.4 is 5.90 Å². The van der Waals surface area contributed by atoms with E-state index in [2.05, 4.69) is 25.5 Å². The quantitative estimate of drug-likeness (QED) is 0.570. The standard InChI is InChI=1S/C5H11N5O/c1-5(2,3-11-6)4-7-9-10-8-4/h3,6H2,1-2H3,(H,7,8,9,10). The molecule has 6 heteroatoms. The van der Waals surface area contributed by atoms with Crippen molar-refractivity contribution >= 4 is 0 Å². The van der Waals surface area contributed by atoms with E-state index in [9.17, 15) is 0 Å². The molecule has 6 nitrogen and oxygen atoms in total. The summed E-state index contributed by atoms with van der Waals surface area (Å²) in [6.07, 6.45) is 0. The van der Waals surface area contributed by atoms with Gasteiger partial charge in [-0.1, -0.05) is 19.1 Å². The van der Waals surface area contributed by atoms with Gasteiger partial charge in [0.05, 0.1) is 12.0 Å². The van der Waals surface area contributed by atoms with Crippen LogP contribution in [0.4, 0.5) is 0 Å². The molecule has 0 unspecified atom stereocenters. The smallest absolute Gasteiger partial charge is 0.182 e. The van der Waals surface area contributed by atoms with E-state index < -0.39 is 0 Å². The molecule has 1 heterocycles. The van der Waals surface area contributed by atoms with Gasteiger partial charge in [-0.05, 0) is 0 Å². The van der Waals surface area contributed by atoms with Crippen LogP contribution in [-0.2, 0) is 10.3 Å². The maximum Gasteiger partial charge on any atom is 0.182 e. The predicted molar refractivity (Wildman–Crippen MR) is 37.3 cm³/mol. The molecule has 0 saturated heterocycles. The zero-order valence-corrected chi connectivity index (χ0v) is 6.53. The number of hydrogen-bond acceptors (Lipinski definition) is 5. The second kappa shape index (κ2) is 2.93. The summed E-state index contributed by atoms with van der Waals surface area (Å²) in [5, 5.41) is 13.5. The van der Waals surface area contributed by atoms with Gasteiger partial charge in [-0.15, -0.1) is 10.2 Å². The highest BCUT2D eigenvalue weighted by atomic mass is 16.6. The summed E-state index contributed by atoms with van der Waals surface area (Å²) >= 11 is 0. The average molecular weight is 157 g/mol. The first kappa shape index (κ1) is 8.09. The van der Waals surface area contributed by atoms with Gasteiger partial charge >= 0.3 is 0 Å². The monoisotopic (exact) mass is 157 g/mol. The van der Waals surface area contributed by atoms with Crippen LogP contribution in [-0.4, -0.2) is 27.2 Å². The fraction of sp³-hybridized carbons (Fsp3) is 0.800. The summed E-state index contributed by atoms with van der Waals surface area (Å²) in [7, 11) is 0. The van der Waals surface area contributed by atoms with Gasteiger partial charge in [0.1, 0.15) is 0 Å². The van der Waals surface area contributed by atoms with E-state index in [0.717, 1.165) is 0 Å². The molecule has 1 aromatic heterocycles. The number of aromatic amines is 1. The van der Waals surface area contributed by atoms with Crippen molar-refractivity contribution in [1.82, 2.24) is 20.6 Å². The number of aromatic nitrogens is 4. The molecule has 62 valence electrons. The van der Waals surface area contributed by atoms with Gasteiger partial charge in [0.2, 0.25) is 0 Å². The van der Waals surface area contributed by atoms with Crippen LogP contribution in [0.15, 0.2) is 0 Å². The molecule has 0 radical (unpaired) electrons. The molecule has 1 aromatic rings. The van der Waals surface area contributed by atoms with E-state index in [-0.39, 0.29) is 5.41 Å². The van der Waals surface area contributed by atoms with Gasteiger partial charge in [0.15, 0.2) is 5.82 Å². The summed E-state index contributed by atoms with van der Waals surface area (Å²) in [6, 6.07) is 0. The molecule has 0 saturated carbocycles. The molecule has 0 atom stereocenters. The van der Waals surface area contributed by atoms with Crippen molar-refractivity contribution in [3.05, 3.63) is 5.82 Å². The highest BCUT2D eigenvalue weighted by molar-refractivity contribution is 4.98. The van der Waals surface area contributed by atoms with Crippen molar-refractivity contribution in [2.24, 2.45) is 5.90 Å². The fourth-order valence-electron chi connectivity index (χ4n) is 0.721. The van der Waals surface area contributed by atoms with E-state index in [1.807, 2.05) is 13.8 Å². The van der Waals surface area contributed by atoms with Crippen molar-refractivity contribution < 1.29 is 4.84 Å². The Bertz CT molecular complexity index is 207. The first-order valence-electron chi connectivity index (χ1n) is 3.22. The minimum Gasteiger partial charge on any atom is -0.304 e. The third-order valence-electron chi connectivity index (χ3n) is 1.39. The van der Waals surface area contributed by atoms with Crippen LogP contribution in [0.1, 0.15) is 19.7 Å². The summed E-state index contributed by atoms with van der Waals surface area (Å²) < 4.78 is 0. The largest absolute Gasteiger partial charge is 0.304 e. The molecule has 3 N–H and O–H groups in total. The molecule has 0 aliphatic carbocycles. The maximum absolute atomic E-state index is 4.93. The SMILES string of the molecule is CC(C)(CON)c1nn[nH]n1. The number of hydrogen-bond donors (Lipinski definition) is 2. The Morgan fingerprint density at radius 3 is 2.82 bits per heavy atom. The van der Waals surface area contributed by atoms with Crippen LogP contribution in [0, 0.1) is 0 Å². The van der Waals surface area contributed by atoms with E-state index in [4.69, 9.17) is 5.90 Å². The molecule has 0 spiro atoms. The Kier molecular flexibility index (Phi) is 2.16. The molecule has 0 aromatic carbocycles. The lowest BCUT2D eigenvalue weighted by molar-refractivity contribution is 0.0933. The van der Waals surface area contributed by atoms with E-state index in [1.54, 1.807) is 0 Å². The molecule has 11 heavy (non-hydrogen) atoms. The van der Waals surface area contributed by atoms with Crippen LogP contribution in [0.2, 0.25) is 0 Å². The molecule has 0 bridgehead atoms. The lowest BCUT2D eigenvalue weighted by Crippen LogP contribution is -2.27. The van der Waals surface area contributed by atoms with Crippen LogP contribution in [0.25, 0.3) is 0 Å². The number of rotatable bonds is 3. The van der Waals surface area contributed by atoms with E-state index in [0.29, 0.717) is 12.4 Å². The lowest BCUT2D eigenvalue weighted by atomic mass is 9.94.